The molecular formula is C13H10IN3S. The molecule has 1 N–H and O–H groups in total. The molecule has 2 aromatic heterocycles. The molecule has 1 aromatic carbocycles. The molecule has 2 heterocycles. The standard InChI is InChI=1S/C13H10IN3S/c1-8-6-11-12(15-7-8)17(13(18)16-11)10-4-2-9(14)3-5-10/h2-7H,1H3,(H,16,18). The second kappa shape index (κ2) is 4.47. The summed E-state index contributed by atoms with van der Waals surface area (Å²) >= 11 is 7.66. The highest BCUT2D eigenvalue weighted by Gasteiger charge is 2.07. The van der Waals surface area contributed by atoms with E-state index in [9.17, 15) is 0 Å². The number of hydrogen-bond donors (Lipinski definition) is 1. The SMILES string of the molecule is Cc1cnc2c(c1)[nH]c(=S)n2-c1ccc(I)cc1. The van der Waals surface area contributed by atoms with Gasteiger partial charge in [-0.1, -0.05) is 0 Å². The van der Waals surface area contributed by atoms with Crippen LogP contribution < -0.4 is 0 Å². The van der Waals surface area contributed by atoms with Crippen molar-refractivity contribution >= 4 is 46.0 Å². The van der Waals surface area contributed by atoms with Crippen LogP contribution in [0.3, 0.4) is 0 Å². The molecule has 0 amide bonds. The van der Waals surface area contributed by atoms with Crippen LogP contribution >= 0.6 is 34.8 Å². The van der Waals surface area contributed by atoms with E-state index in [-0.39, 0.29) is 0 Å². The lowest BCUT2D eigenvalue weighted by Crippen LogP contribution is -1.95. The number of imidazole rings is 1. The molecule has 3 aromatic rings. The van der Waals surface area contributed by atoms with E-state index in [0.29, 0.717) is 4.77 Å². The largest absolute Gasteiger partial charge is 0.329 e. The highest BCUT2D eigenvalue weighted by Crippen LogP contribution is 2.19. The van der Waals surface area contributed by atoms with Crippen LogP contribution in [-0.4, -0.2) is 14.5 Å². The number of aryl methyl sites for hydroxylation is 1. The number of H-pyrrole nitrogens is 1. The van der Waals surface area contributed by atoms with Crippen LogP contribution in [0.1, 0.15) is 5.56 Å². The van der Waals surface area contributed by atoms with Gasteiger partial charge < -0.3 is 4.98 Å². The Morgan fingerprint density at radius 1 is 1.28 bits per heavy atom. The van der Waals surface area contributed by atoms with E-state index in [4.69, 9.17) is 12.2 Å². The van der Waals surface area contributed by atoms with Gasteiger partial charge in [-0.15, -0.1) is 0 Å². The van der Waals surface area contributed by atoms with Gasteiger partial charge >= 0.3 is 0 Å². The van der Waals surface area contributed by atoms with Crippen molar-refractivity contribution in [1.82, 2.24) is 14.5 Å². The highest BCUT2D eigenvalue weighted by atomic mass is 127. The van der Waals surface area contributed by atoms with E-state index in [1.807, 2.05) is 29.8 Å². The van der Waals surface area contributed by atoms with Crippen molar-refractivity contribution in [1.29, 1.82) is 0 Å². The molecule has 18 heavy (non-hydrogen) atoms. The monoisotopic (exact) mass is 367 g/mol. The summed E-state index contributed by atoms with van der Waals surface area (Å²) in [6.45, 7) is 2.02. The molecule has 0 aliphatic rings. The van der Waals surface area contributed by atoms with Crippen LogP contribution in [0.2, 0.25) is 0 Å². The van der Waals surface area contributed by atoms with E-state index in [1.54, 1.807) is 0 Å². The Morgan fingerprint density at radius 2 is 2.00 bits per heavy atom. The number of fused-ring (bicyclic) bond motifs is 1. The van der Waals surface area contributed by atoms with Gasteiger partial charge in [0, 0.05) is 15.5 Å². The lowest BCUT2D eigenvalue weighted by atomic mass is 10.3. The van der Waals surface area contributed by atoms with E-state index in [1.165, 1.54) is 3.57 Å². The lowest BCUT2D eigenvalue weighted by molar-refractivity contribution is 1.04. The Labute approximate surface area is 123 Å². The molecule has 3 rings (SSSR count). The number of nitrogens with one attached hydrogen (secondary N) is 1. The van der Waals surface area contributed by atoms with E-state index >= 15 is 0 Å². The van der Waals surface area contributed by atoms with E-state index in [2.05, 4.69) is 50.8 Å². The van der Waals surface area contributed by atoms with E-state index < -0.39 is 0 Å². The maximum absolute atomic E-state index is 5.38. The van der Waals surface area contributed by atoms with Gasteiger partial charge in [0.1, 0.15) is 0 Å². The Kier molecular flexibility index (Phi) is 2.95. The Balaban J connectivity index is 2.32. The second-order valence-electron chi connectivity index (χ2n) is 4.13. The van der Waals surface area contributed by atoms with Crippen LogP contribution in [0.5, 0.6) is 0 Å². The predicted octanol–water partition coefficient (Wildman–Crippen LogP) is 4.00. The summed E-state index contributed by atoms with van der Waals surface area (Å²) in [4.78, 5) is 7.66. The second-order valence-corrected chi connectivity index (χ2v) is 5.76. The molecule has 0 spiro atoms. The number of halogens is 1. The van der Waals surface area contributed by atoms with Gasteiger partial charge in [-0.05, 0) is 77.6 Å². The van der Waals surface area contributed by atoms with Crippen molar-refractivity contribution in [2.24, 2.45) is 0 Å². The molecule has 0 saturated carbocycles. The fourth-order valence-corrected chi connectivity index (χ4v) is 2.59. The summed E-state index contributed by atoms with van der Waals surface area (Å²) in [7, 11) is 0. The Bertz CT molecular complexity index is 771. The van der Waals surface area contributed by atoms with Crippen molar-refractivity contribution in [2.45, 2.75) is 6.92 Å². The van der Waals surface area contributed by atoms with Crippen LogP contribution in [0.4, 0.5) is 0 Å². The first-order valence-corrected chi connectivity index (χ1v) is 6.97. The molecule has 5 heteroatoms. The van der Waals surface area contributed by atoms with Crippen molar-refractivity contribution in [2.75, 3.05) is 0 Å². The topological polar surface area (TPSA) is 33.6 Å². The smallest absolute Gasteiger partial charge is 0.183 e. The number of nitrogens with zero attached hydrogens (tertiary/aromatic N) is 2. The minimum absolute atomic E-state index is 0.671. The maximum Gasteiger partial charge on any atom is 0.183 e. The highest BCUT2D eigenvalue weighted by molar-refractivity contribution is 14.1. The summed E-state index contributed by atoms with van der Waals surface area (Å²) in [5.41, 5.74) is 3.99. The van der Waals surface area contributed by atoms with Crippen LogP contribution in [-0.2, 0) is 0 Å². The number of aromatic nitrogens is 3. The fraction of sp³-hybridized carbons (Fsp3) is 0.0769. The summed E-state index contributed by atoms with van der Waals surface area (Å²) in [6.07, 6.45) is 1.86. The zero-order valence-electron chi connectivity index (χ0n) is 9.64. The third-order valence-electron chi connectivity index (χ3n) is 2.74. The van der Waals surface area contributed by atoms with Gasteiger partial charge in [-0.3, -0.25) is 4.57 Å². The predicted molar refractivity (Wildman–Crippen MR) is 83.7 cm³/mol. The van der Waals surface area contributed by atoms with Gasteiger partial charge in [-0.2, -0.15) is 0 Å². The quantitative estimate of drug-likeness (QED) is 0.521. The minimum Gasteiger partial charge on any atom is -0.329 e. The number of rotatable bonds is 1. The molecule has 0 unspecified atom stereocenters. The van der Waals surface area contributed by atoms with Crippen molar-refractivity contribution in [3.63, 3.8) is 0 Å². The lowest BCUT2D eigenvalue weighted by Gasteiger charge is -2.03. The van der Waals surface area contributed by atoms with Gasteiger partial charge in [0.25, 0.3) is 0 Å². The van der Waals surface area contributed by atoms with Gasteiger partial charge in [0.2, 0.25) is 0 Å². The molecule has 3 nitrogen and oxygen atoms in total. The molecule has 0 fully saturated rings. The summed E-state index contributed by atoms with van der Waals surface area (Å²) in [5.74, 6) is 0. The first-order valence-electron chi connectivity index (χ1n) is 5.48. The normalized spacial score (nSPS) is 11.0. The summed E-state index contributed by atoms with van der Waals surface area (Å²) in [6, 6.07) is 10.3. The first-order chi connectivity index (χ1) is 8.65. The molecule has 0 aliphatic heterocycles. The average molecular weight is 367 g/mol. The minimum atomic E-state index is 0.671. The average Bonchev–Trinajstić information content (AvgIpc) is 2.65. The fourth-order valence-electron chi connectivity index (χ4n) is 1.93. The van der Waals surface area contributed by atoms with Crippen molar-refractivity contribution < 1.29 is 0 Å². The molecule has 90 valence electrons. The third kappa shape index (κ3) is 1.97. The molecule has 0 radical (unpaired) electrons. The molecule has 0 saturated heterocycles. The zero-order valence-corrected chi connectivity index (χ0v) is 12.6. The summed E-state index contributed by atoms with van der Waals surface area (Å²) < 4.78 is 3.83. The number of hydrogen-bond acceptors (Lipinski definition) is 2. The number of aromatic amines is 1. The van der Waals surface area contributed by atoms with E-state index in [0.717, 1.165) is 22.4 Å². The number of benzene rings is 1. The number of pyridine rings is 1. The zero-order chi connectivity index (χ0) is 12.7. The molecule has 0 bridgehead atoms. The van der Waals surface area contributed by atoms with Gasteiger partial charge in [0.05, 0.1) is 5.52 Å². The first kappa shape index (κ1) is 11.9. The van der Waals surface area contributed by atoms with Gasteiger partial charge in [-0.25, -0.2) is 4.98 Å². The van der Waals surface area contributed by atoms with Crippen molar-refractivity contribution in [3.8, 4) is 5.69 Å². The molecule has 0 atom stereocenters. The van der Waals surface area contributed by atoms with Gasteiger partial charge in [0.15, 0.2) is 10.4 Å². The third-order valence-corrected chi connectivity index (χ3v) is 3.75. The Morgan fingerprint density at radius 3 is 2.72 bits per heavy atom. The van der Waals surface area contributed by atoms with Crippen LogP contribution in [0.25, 0.3) is 16.9 Å². The van der Waals surface area contributed by atoms with Crippen molar-refractivity contribution in [3.05, 3.63) is 50.4 Å². The Hall–Kier alpha value is -1.21. The molecule has 0 aliphatic carbocycles. The maximum atomic E-state index is 5.38. The molecular weight excluding hydrogens is 357 g/mol. The van der Waals surface area contributed by atoms with Crippen LogP contribution in [0, 0.1) is 15.3 Å². The van der Waals surface area contributed by atoms with Crippen LogP contribution in [0.15, 0.2) is 36.5 Å². The summed E-state index contributed by atoms with van der Waals surface area (Å²) in [5, 5.41) is 0.